The van der Waals surface area contributed by atoms with Gasteiger partial charge in [0.1, 0.15) is 17.8 Å². The Bertz CT molecular complexity index is 1650. The minimum atomic E-state index is -2.57. The van der Waals surface area contributed by atoms with E-state index in [1.165, 1.54) is 6.92 Å². The van der Waals surface area contributed by atoms with Crippen LogP contribution in [0.4, 0.5) is 0 Å². The van der Waals surface area contributed by atoms with Crippen molar-refractivity contribution in [2.24, 2.45) is 0 Å². The molecular weight excluding hydrogens is 690 g/mol. The molecule has 0 aromatic heterocycles. The third kappa shape index (κ3) is 9.64. The molecule has 1 unspecified atom stereocenters. The standard InChI is InChI=1S/C39H43NO13/c1-24(41)40-34-32(49-25(2)42)22-38(37(46)47-6,52-28(5)45)53-36(34)35(51-27(4)44)33(50-26(3)43)23-48-39(29-16-10-7-11-17-29,30-18-12-8-13-19-30)31-20-14-9-15-21-31/h7-21,32-36H,22-23H2,1-6H3,(H,40,41)/t32-,33+,34+,35+,36+,38?/m0/s1. The number of carbonyl (C=O) groups excluding carboxylic acids is 6. The monoisotopic (exact) mass is 733 g/mol. The fraction of sp³-hybridized carbons (Fsp3) is 0.385. The molecule has 1 saturated heterocycles. The largest absolute Gasteiger partial charge is 0.464 e. The first-order valence-corrected chi connectivity index (χ1v) is 16.8. The van der Waals surface area contributed by atoms with Gasteiger partial charge in [-0.25, -0.2) is 4.79 Å². The first kappa shape index (κ1) is 40.2. The Morgan fingerprint density at radius 1 is 0.736 bits per heavy atom. The molecule has 282 valence electrons. The fourth-order valence-electron chi connectivity index (χ4n) is 6.51. The molecule has 0 aliphatic carbocycles. The van der Waals surface area contributed by atoms with Gasteiger partial charge in [-0.3, -0.25) is 24.0 Å². The molecule has 14 heteroatoms. The van der Waals surface area contributed by atoms with E-state index >= 15 is 0 Å². The van der Waals surface area contributed by atoms with Crippen LogP contribution in [0.2, 0.25) is 0 Å². The van der Waals surface area contributed by atoms with E-state index in [1.807, 2.05) is 91.0 Å². The number of esters is 5. The molecule has 4 rings (SSSR count). The van der Waals surface area contributed by atoms with Crippen molar-refractivity contribution in [1.82, 2.24) is 5.32 Å². The van der Waals surface area contributed by atoms with Crippen LogP contribution < -0.4 is 5.32 Å². The van der Waals surface area contributed by atoms with E-state index in [2.05, 4.69) is 5.32 Å². The van der Waals surface area contributed by atoms with Crippen molar-refractivity contribution < 1.29 is 61.9 Å². The van der Waals surface area contributed by atoms with E-state index in [0.29, 0.717) is 16.7 Å². The summed E-state index contributed by atoms with van der Waals surface area (Å²) in [4.78, 5) is 76.5. The van der Waals surface area contributed by atoms with Crippen molar-refractivity contribution in [2.75, 3.05) is 13.7 Å². The molecule has 1 aliphatic rings. The van der Waals surface area contributed by atoms with Gasteiger partial charge in [0.05, 0.1) is 26.2 Å². The number of nitrogens with one attached hydrogen (secondary N) is 1. The Morgan fingerprint density at radius 2 is 1.23 bits per heavy atom. The smallest absolute Gasteiger partial charge is 0.379 e. The molecule has 1 fully saturated rings. The average molecular weight is 734 g/mol. The number of methoxy groups -OCH3 is 1. The van der Waals surface area contributed by atoms with Crippen molar-refractivity contribution in [3.8, 4) is 0 Å². The van der Waals surface area contributed by atoms with Crippen LogP contribution in [0.25, 0.3) is 0 Å². The van der Waals surface area contributed by atoms with Gasteiger partial charge in [0.15, 0.2) is 12.2 Å². The third-order valence-electron chi connectivity index (χ3n) is 8.36. The molecule has 6 atom stereocenters. The summed E-state index contributed by atoms with van der Waals surface area (Å²) >= 11 is 0. The first-order valence-electron chi connectivity index (χ1n) is 16.8. The molecule has 0 spiro atoms. The van der Waals surface area contributed by atoms with Crippen LogP contribution in [0.15, 0.2) is 91.0 Å². The summed E-state index contributed by atoms with van der Waals surface area (Å²) in [5, 5.41) is 2.64. The molecule has 1 heterocycles. The van der Waals surface area contributed by atoms with Crippen LogP contribution in [-0.2, 0) is 67.5 Å². The van der Waals surface area contributed by atoms with Gasteiger partial charge in [-0.1, -0.05) is 91.0 Å². The van der Waals surface area contributed by atoms with Crippen LogP contribution in [0, 0.1) is 0 Å². The topological polar surface area (TPSA) is 179 Å². The van der Waals surface area contributed by atoms with Crippen LogP contribution in [0.5, 0.6) is 0 Å². The maximum Gasteiger partial charge on any atom is 0.379 e. The molecular formula is C39H43NO13. The zero-order valence-electron chi connectivity index (χ0n) is 30.3. The third-order valence-corrected chi connectivity index (χ3v) is 8.36. The minimum absolute atomic E-state index is 0.486. The lowest BCUT2D eigenvalue weighted by Gasteiger charge is -2.48. The normalized spacial score (nSPS) is 20.8. The van der Waals surface area contributed by atoms with E-state index in [4.69, 9.17) is 33.2 Å². The molecule has 1 amide bonds. The molecule has 0 saturated carbocycles. The van der Waals surface area contributed by atoms with Crippen molar-refractivity contribution in [3.63, 3.8) is 0 Å². The predicted octanol–water partition coefficient (Wildman–Crippen LogP) is 3.52. The van der Waals surface area contributed by atoms with Crippen molar-refractivity contribution in [1.29, 1.82) is 0 Å². The highest BCUT2D eigenvalue weighted by molar-refractivity contribution is 5.82. The summed E-state index contributed by atoms with van der Waals surface area (Å²) in [6.45, 7) is 5.01. The second-order valence-electron chi connectivity index (χ2n) is 12.3. The Kier molecular flexibility index (Phi) is 13.5. The number of ether oxygens (including phenoxy) is 7. The number of hydrogen-bond donors (Lipinski definition) is 1. The second-order valence-corrected chi connectivity index (χ2v) is 12.3. The van der Waals surface area contributed by atoms with Gasteiger partial charge in [-0.2, -0.15) is 0 Å². The highest BCUT2D eigenvalue weighted by atomic mass is 16.8. The maximum absolute atomic E-state index is 13.4. The molecule has 53 heavy (non-hydrogen) atoms. The lowest BCUT2D eigenvalue weighted by molar-refractivity contribution is -0.304. The Balaban J connectivity index is 1.94. The first-order chi connectivity index (χ1) is 25.2. The van der Waals surface area contributed by atoms with Gasteiger partial charge < -0.3 is 38.5 Å². The average Bonchev–Trinajstić information content (AvgIpc) is 3.11. The minimum Gasteiger partial charge on any atom is -0.464 e. The molecule has 14 nitrogen and oxygen atoms in total. The summed E-state index contributed by atoms with van der Waals surface area (Å²) in [6, 6.07) is 26.5. The SMILES string of the molecule is COC(=O)C1(OC(C)=O)C[C@H](OC(C)=O)[C@@H](NC(C)=O)[C@H]([C@H](OC(C)=O)[C@@H](COC(c2ccccc2)(c2ccccc2)c2ccccc2)OC(C)=O)O1. The molecule has 1 aliphatic heterocycles. The molecule has 0 bridgehead atoms. The van der Waals surface area contributed by atoms with Crippen LogP contribution in [0.1, 0.15) is 57.7 Å². The summed E-state index contributed by atoms with van der Waals surface area (Å²) < 4.78 is 40.7. The quantitative estimate of drug-likeness (QED) is 0.145. The Labute approximate surface area is 307 Å². The lowest BCUT2D eigenvalue weighted by Crippen LogP contribution is -2.69. The van der Waals surface area contributed by atoms with E-state index in [-0.39, 0.29) is 0 Å². The summed E-state index contributed by atoms with van der Waals surface area (Å²) in [6.07, 6.45) is -6.99. The lowest BCUT2D eigenvalue weighted by atomic mass is 9.80. The van der Waals surface area contributed by atoms with Crippen molar-refractivity contribution in [3.05, 3.63) is 108 Å². The van der Waals surface area contributed by atoms with Crippen molar-refractivity contribution in [2.45, 2.75) is 82.9 Å². The maximum atomic E-state index is 13.4. The Hall–Kier alpha value is -5.60. The predicted molar refractivity (Wildman–Crippen MR) is 185 cm³/mol. The van der Waals surface area contributed by atoms with E-state index in [1.54, 1.807) is 0 Å². The van der Waals surface area contributed by atoms with Gasteiger partial charge in [-0.05, 0) is 16.7 Å². The van der Waals surface area contributed by atoms with Gasteiger partial charge in [0.2, 0.25) is 5.91 Å². The second kappa shape index (κ2) is 17.8. The molecule has 3 aromatic carbocycles. The number of amides is 1. The van der Waals surface area contributed by atoms with Crippen molar-refractivity contribution >= 4 is 35.8 Å². The summed E-state index contributed by atoms with van der Waals surface area (Å²) in [5.41, 5.74) is 0.744. The molecule has 0 radical (unpaired) electrons. The highest BCUT2D eigenvalue weighted by Gasteiger charge is 2.60. The summed E-state index contributed by atoms with van der Waals surface area (Å²) in [7, 11) is 1.02. The fourth-order valence-corrected chi connectivity index (χ4v) is 6.51. The van der Waals surface area contributed by atoms with Gasteiger partial charge >= 0.3 is 35.6 Å². The van der Waals surface area contributed by atoms with Crippen LogP contribution in [0.3, 0.4) is 0 Å². The van der Waals surface area contributed by atoms with E-state index in [0.717, 1.165) is 34.8 Å². The number of rotatable bonds is 14. The zero-order valence-corrected chi connectivity index (χ0v) is 30.3. The molecule has 1 N–H and O–H groups in total. The van der Waals surface area contributed by atoms with E-state index in [9.17, 15) is 28.8 Å². The number of benzene rings is 3. The van der Waals surface area contributed by atoms with Gasteiger partial charge in [0.25, 0.3) is 0 Å². The zero-order chi connectivity index (χ0) is 38.8. The Morgan fingerprint density at radius 3 is 1.62 bits per heavy atom. The van der Waals surface area contributed by atoms with Gasteiger partial charge in [0, 0.05) is 34.6 Å². The van der Waals surface area contributed by atoms with Gasteiger partial charge in [-0.15, -0.1) is 0 Å². The van der Waals surface area contributed by atoms with Crippen LogP contribution in [-0.4, -0.2) is 85.7 Å². The molecule has 3 aromatic rings. The number of hydrogen-bond acceptors (Lipinski definition) is 13. The summed E-state index contributed by atoms with van der Waals surface area (Å²) in [5.74, 6) is -7.90. The highest BCUT2D eigenvalue weighted by Crippen LogP contribution is 2.42. The van der Waals surface area contributed by atoms with E-state index < -0.39 is 90.6 Å². The number of carbonyl (C=O) groups is 6. The van der Waals surface area contributed by atoms with Crippen LogP contribution >= 0.6 is 0 Å².